The van der Waals surface area contributed by atoms with Crippen molar-refractivity contribution in [2.45, 2.75) is 103 Å². The lowest BCUT2D eigenvalue weighted by atomic mass is 9.49. The van der Waals surface area contributed by atoms with Crippen molar-refractivity contribution < 1.29 is 34.4 Å². The molecule has 0 aromatic carbocycles. The summed E-state index contributed by atoms with van der Waals surface area (Å²) >= 11 is 0. The molecular weight excluding hydrogens is 424 g/mol. The number of ketones is 3. The molecule has 0 bridgehead atoms. The number of fused-ring (bicyclic) bond motifs is 2. The molecular formula is C26H38O7. The maximum atomic E-state index is 14.3. The van der Waals surface area contributed by atoms with E-state index in [2.05, 4.69) is 0 Å². The van der Waals surface area contributed by atoms with E-state index in [1.807, 2.05) is 0 Å². The number of hydrogen-bond acceptors (Lipinski definition) is 7. The molecule has 7 atom stereocenters. The van der Waals surface area contributed by atoms with Gasteiger partial charge in [0.05, 0.1) is 27.6 Å². The van der Waals surface area contributed by atoms with E-state index in [9.17, 15) is 29.7 Å². The first kappa shape index (κ1) is 24.6. The third-order valence-electron chi connectivity index (χ3n) is 9.01. The van der Waals surface area contributed by atoms with Crippen LogP contribution in [0, 0.1) is 28.6 Å². The topological polar surface area (TPSA) is 121 Å². The first-order valence-electron chi connectivity index (χ1n) is 12.1. The Morgan fingerprint density at radius 1 is 1.06 bits per heavy atom. The zero-order chi connectivity index (χ0) is 24.9. The Hall–Kier alpha value is -1.57. The Balaban J connectivity index is 1.92. The maximum Gasteiger partial charge on any atom is 0.183 e. The van der Waals surface area contributed by atoms with Gasteiger partial charge in [-0.1, -0.05) is 13.8 Å². The third kappa shape index (κ3) is 3.29. The van der Waals surface area contributed by atoms with Crippen LogP contribution in [0.2, 0.25) is 0 Å². The van der Waals surface area contributed by atoms with Gasteiger partial charge in [0.15, 0.2) is 17.3 Å². The fourth-order valence-corrected chi connectivity index (χ4v) is 7.10. The predicted molar refractivity (Wildman–Crippen MR) is 120 cm³/mol. The summed E-state index contributed by atoms with van der Waals surface area (Å²) in [4.78, 5) is 41.8. The summed E-state index contributed by atoms with van der Waals surface area (Å²) in [5.41, 5.74) is -6.73. The lowest BCUT2D eigenvalue weighted by Gasteiger charge is -2.53. The van der Waals surface area contributed by atoms with Gasteiger partial charge in [0.2, 0.25) is 0 Å². The van der Waals surface area contributed by atoms with E-state index in [0.29, 0.717) is 12.8 Å². The van der Waals surface area contributed by atoms with Crippen molar-refractivity contribution in [3.63, 3.8) is 0 Å². The van der Waals surface area contributed by atoms with E-state index in [1.165, 1.54) is 0 Å². The zero-order valence-corrected chi connectivity index (χ0v) is 20.8. The van der Waals surface area contributed by atoms with Crippen molar-refractivity contribution in [3.05, 3.63) is 11.3 Å². The molecule has 0 aromatic heterocycles. The molecule has 0 amide bonds. The van der Waals surface area contributed by atoms with E-state index >= 15 is 0 Å². The molecule has 0 aromatic rings. The standard InChI is InChI=1S/C26H38O7/c1-13(2)18(27)17-19(28)26(10-15-14(25(7,32)12-26)8-9-24(15,6)31)21(29)23(5)11-16(22(3,4)30)33-20(17)23/h13-16,30-32H,8-12H2,1-7H3/t14-,15+,16+,23+,24-,25-,26+/m0/s1. The Morgan fingerprint density at radius 3 is 2.21 bits per heavy atom. The van der Waals surface area contributed by atoms with Crippen molar-refractivity contribution in [2.75, 3.05) is 0 Å². The minimum atomic E-state index is -1.62. The summed E-state index contributed by atoms with van der Waals surface area (Å²) in [7, 11) is 0. The van der Waals surface area contributed by atoms with Gasteiger partial charge in [-0.05, 0) is 72.1 Å². The van der Waals surface area contributed by atoms with E-state index in [0.717, 1.165) is 0 Å². The molecule has 0 radical (unpaired) electrons. The number of allylic oxidation sites excluding steroid dienone is 2. The lowest BCUT2D eigenvalue weighted by molar-refractivity contribution is -0.171. The second-order valence-corrected chi connectivity index (χ2v) is 12.6. The van der Waals surface area contributed by atoms with Crippen LogP contribution in [-0.4, -0.2) is 55.6 Å². The van der Waals surface area contributed by atoms with E-state index in [1.54, 1.807) is 48.5 Å². The summed E-state index contributed by atoms with van der Waals surface area (Å²) in [5.74, 6) is -2.48. The summed E-state index contributed by atoms with van der Waals surface area (Å²) < 4.78 is 6.03. The van der Waals surface area contributed by atoms with Gasteiger partial charge in [-0.3, -0.25) is 14.4 Å². The van der Waals surface area contributed by atoms with Crippen LogP contribution < -0.4 is 0 Å². The van der Waals surface area contributed by atoms with Gasteiger partial charge in [-0.15, -0.1) is 0 Å². The molecule has 1 aliphatic heterocycles. The van der Waals surface area contributed by atoms with Crippen molar-refractivity contribution >= 4 is 17.3 Å². The van der Waals surface area contributed by atoms with Gasteiger partial charge in [-0.25, -0.2) is 0 Å². The Bertz CT molecular complexity index is 950. The highest BCUT2D eigenvalue weighted by molar-refractivity contribution is 6.31. The number of rotatable bonds is 3. The highest BCUT2D eigenvalue weighted by atomic mass is 16.5. The summed E-state index contributed by atoms with van der Waals surface area (Å²) in [6.45, 7) is 11.6. The molecule has 1 saturated heterocycles. The second kappa shape index (κ2) is 6.98. The van der Waals surface area contributed by atoms with Gasteiger partial charge in [-0.2, -0.15) is 0 Å². The van der Waals surface area contributed by atoms with Crippen LogP contribution in [0.1, 0.15) is 80.6 Å². The van der Waals surface area contributed by atoms with Crippen molar-refractivity contribution in [1.82, 2.24) is 0 Å². The van der Waals surface area contributed by atoms with E-state index in [4.69, 9.17) is 4.74 Å². The smallest absolute Gasteiger partial charge is 0.183 e. The molecule has 3 fully saturated rings. The number of ether oxygens (including phenoxy) is 1. The van der Waals surface area contributed by atoms with Crippen LogP contribution in [0.5, 0.6) is 0 Å². The Kier molecular flexibility index (Phi) is 5.20. The van der Waals surface area contributed by atoms with Gasteiger partial charge < -0.3 is 20.1 Å². The molecule has 33 heavy (non-hydrogen) atoms. The molecule has 3 aliphatic carbocycles. The number of carbonyl (C=O) groups is 3. The molecule has 4 aliphatic rings. The van der Waals surface area contributed by atoms with Crippen molar-refractivity contribution in [3.8, 4) is 0 Å². The quantitative estimate of drug-likeness (QED) is 0.435. The van der Waals surface area contributed by atoms with Crippen molar-refractivity contribution in [2.24, 2.45) is 28.6 Å². The average Bonchev–Trinajstić information content (AvgIpc) is 3.18. The number of carbonyl (C=O) groups excluding carboxylic acids is 3. The summed E-state index contributed by atoms with van der Waals surface area (Å²) in [6.07, 6.45) is 0.496. The number of aliphatic hydroxyl groups is 3. The van der Waals surface area contributed by atoms with E-state index in [-0.39, 0.29) is 42.3 Å². The lowest BCUT2D eigenvalue weighted by Crippen LogP contribution is -2.62. The summed E-state index contributed by atoms with van der Waals surface area (Å²) in [6, 6.07) is 0. The fourth-order valence-electron chi connectivity index (χ4n) is 7.10. The Labute approximate surface area is 195 Å². The molecule has 1 heterocycles. The fraction of sp³-hybridized carbons (Fsp3) is 0.808. The average molecular weight is 463 g/mol. The molecule has 2 saturated carbocycles. The molecule has 7 nitrogen and oxygen atoms in total. The normalized spacial score (nSPS) is 45.5. The molecule has 7 heteroatoms. The molecule has 3 N–H and O–H groups in total. The number of hydrogen-bond donors (Lipinski definition) is 3. The van der Waals surface area contributed by atoms with Gasteiger partial charge in [0.1, 0.15) is 17.4 Å². The largest absolute Gasteiger partial charge is 0.490 e. The predicted octanol–water partition coefficient (Wildman–Crippen LogP) is 2.49. The monoisotopic (exact) mass is 462 g/mol. The van der Waals surface area contributed by atoms with Crippen LogP contribution in [0.25, 0.3) is 0 Å². The van der Waals surface area contributed by atoms with E-state index < -0.39 is 57.1 Å². The molecule has 0 unspecified atom stereocenters. The second-order valence-electron chi connectivity index (χ2n) is 12.6. The molecule has 1 spiro atoms. The molecule has 184 valence electrons. The van der Waals surface area contributed by atoms with Gasteiger partial charge in [0, 0.05) is 12.3 Å². The molecule has 4 rings (SSSR count). The van der Waals surface area contributed by atoms with Crippen LogP contribution in [0.4, 0.5) is 0 Å². The summed E-state index contributed by atoms with van der Waals surface area (Å²) in [5, 5.41) is 33.2. The highest BCUT2D eigenvalue weighted by Crippen LogP contribution is 2.64. The van der Waals surface area contributed by atoms with Gasteiger partial charge >= 0.3 is 0 Å². The zero-order valence-electron chi connectivity index (χ0n) is 20.8. The first-order valence-corrected chi connectivity index (χ1v) is 12.1. The maximum absolute atomic E-state index is 14.3. The van der Waals surface area contributed by atoms with Crippen LogP contribution >= 0.6 is 0 Å². The van der Waals surface area contributed by atoms with Crippen LogP contribution in [0.3, 0.4) is 0 Å². The van der Waals surface area contributed by atoms with Gasteiger partial charge in [0.25, 0.3) is 0 Å². The third-order valence-corrected chi connectivity index (χ3v) is 9.01. The SMILES string of the molecule is CC(C)C(=O)C1=C2O[C@@H](C(C)(C)O)C[C@@]2(C)C(=O)[C@@]2(C[C@@H]3[C@H](CC[C@]3(C)O)[C@@](C)(O)C2)C1=O. The van der Waals surface area contributed by atoms with Crippen LogP contribution in [0.15, 0.2) is 11.3 Å². The van der Waals surface area contributed by atoms with Crippen molar-refractivity contribution in [1.29, 1.82) is 0 Å². The minimum Gasteiger partial charge on any atom is -0.490 e. The minimum absolute atomic E-state index is 0.0638. The number of Topliss-reactive ketones (excluding diaryl/α,β-unsaturated/α-hetero) is 3. The van der Waals surface area contributed by atoms with Crippen LogP contribution in [-0.2, 0) is 19.1 Å². The Morgan fingerprint density at radius 2 is 1.67 bits per heavy atom. The highest BCUT2D eigenvalue weighted by Gasteiger charge is 2.71. The first-order chi connectivity index (χ1) is 14.9.